The van der Waals surface area contributed by atoms with Crippen molar-refractivity contribution < 1.29 is 14.6 Å². The molecule has 0 aliphatic carbocycles. The Hall–Kier alpha value is -0.420. The lowest BCUT2D eigenvalue weighted by molar-refractivity contribution is 0.0870. The summed E-state index contributed by atoms with van der Waals surface area (Å²) in [7, 11) is 0. The third-order valence-electron chi connectivity index (χ3n) is 1.59. The molecule has 1 heterocycles. The molecule has 5 heteroatoms. The van der Waals surface area contributed by atoms with E-state index in [9.17, 15) is 4.79 Å². The summed E-state index contributed by atoms with van der Waals surface area (Å²) in [5.41, 5.74) is 0. The Bertz CT molecular complexity index is 148. The highest BCUT2D eigenvalue weighted by Crippen LogP contribution is 2.09. The molecule has 1 amide bonds. The second-order valence-corrected chi connectivity index (χ2v) is 3.66. The first kappa shape index (κ1) is 9.67. The molecule has 1 N–H and O–H groups in total. The molecule has 0 bridgehead atoms. The Labute approximate surface area is 75.9 Å². The summed E-state index contributed by atoms with van der Waals surface area (Å²) in [6.45, 7) is 1.51. The largest absolute Gasteiger partial charge is 0.447 e. The van der Waals surface area contributed by atoms with E-state index in [0.29, 0.717) is 0 Å². The van der Waals surface area contributed by atoms with Gasteiger partial charge in [-0.3, -0.25) is 0 Å². The summed E-state index contributed by atoms with van der Waals surface area (Å²) in [4.78, 5) is 12.8. The number of rotatable bonds is 2. The first-order valence-electron chi connectivity index (χ1n) is 3.95. The molecule has 0 spiro atoms. The number of carbonyl (C=O) groups is 1. The van der Waals surface area contributed by atoms with E-state index in [1.54, 1.807) is 4.90 Å². The smallest absolute Gasteiger partial charge is 0.409 e. The minimum atomic E-state index is -0.302. The van der Waals surface area contributed by atoms with Gasteiger partial charge >= 0.3 is 6.09 Å². The average molecular weight is 191 g/mol. The van der Waals surface area contributed by atoms with Crippen LogP contribution in [0.15, 0.2) is 0 Å². The van der Waals surface area contributed by atoms with Crippen LogP contribution in [0.4, 0.5) is 4.79 Å². The summed E-state index contributed by atoms with van der Waals surface area (Å²) in [5, 5.41) is 8.41. The molecule has 0 radical (unpaired) electrons. The number of hydrogen-bond acceptors (Lipinski definition) is 4. The predicted molar refractivity (Wildman–Crippen MR) is 47.3 cm³/mol. The normalized spacial score (nSPS) is 17.6. The van der Waals surface area contributed by atoms with E-state index >= 15 is 0 Å². The molecule has 1 rings (SSSR count). The number of carbonyl (C=O) groups excluding carboxylic acids is 1. The number of aliphatic hydroxyl groups excluding tert-OH is 1. The second kappa shape index (κ2) is 5.27. The monoisotopic (exact) mass is 191 g/mol. The van der Waals surface area contributed by atoms with Gasteiger partial charge < -0.3 is 14.7 Å². The molecule has 1 fully saturated rings. The van der Waals surface area contributed by atoms with Gasteiger partial charge in [0.05, 0.1) is 6.61 Å². The van der Waals surface area contributed by atoms with E-state index in [4.69, 9.17) is 9.84 Å². The molecule has 0 aromatic carbocycles. The Balaban J connectivity index is 2.20. The number of aliphatic hydroxyl groups is 1. The minimum absolute atomic E-state index is 0.0997. The molecular formula is C7H13NO3S. The average Bonchev–Trinajstić information content (AvgIpc) is 2.15. The van der Waals surface area contributed by atoms with E-state index in [0.717, 1.165) is 24.6 Å². The van der Waals surface area contributed by atoms with Gasteiger partial charge in [0.1, 0.15) is 6.61 Å². The lowest BCUT2D eigenvalue weighted by Crippen LogP contribution is -2.38. The number of ether oxygens (including phenoxy) is 1. The summed E-state index contributed by atoms with van der Waals surface area (Å²) in [5.74, 6) is 1.96. The maximum absolute atomic E-state index is 11.1. The van der Waals surface area contributed by atoms with Crippen molar-refractivity contribution in [1.82, 2.24) is 4.90 Å². The SMILES string of the molecule is O=C(OCCO)N1CCSCC1. The van der Waals surface area contributed by atoms with Crippen LogP contribution in [0, 0.1) is 0 Å². The van der Waals surface area contributed by atoms with Crippen molar-refractivity contribution in [3.8, 4) is 0 Å². The minimum Gasteiger partial charge on any atom is -0.447 e. The molecule has 0 aromatic rings. The quantitative estimate of drug-likeness (QED) is 0.675. The summed E-state index contributed by atoms with van der Waals surface area (Å²) < 4.78 is 4.76. The van der Waals surface area contributed by atoms with E-state index in [1.165, 1.54) is 0 Å². The van der Waals surface area contributed by atoms with Gasteiger partial charge in [0.25, 0.3) is 0 Å². The molecule has 0 unspecified atom stereocenters. The van der Waals surface area contributed by atoms with Crippen LogP contribution in [-0.4, -0.2) is 53.9 Å². The third kappa shape index (κ3) is 2.91. The second-order valence-electron chi connectivity index (χ2n) is 2.44. The van der Waals surface area contributed by atoms with Crippen LogP contribution >= 0.6 is 11.8 Å². The molecule has 0 saturated carbocycles. The Morgan fingerprint density at radius 1 is 1.50 bits per heavy atom. The van der Waals surface area contributed by atoms with Crippen LogP contribution in [0.5, 0.6) is 0 Å². The van der Waals surface area contributed by atoms with Crippen molar-refractivity contribution in [1.29, 1.82) is 0 Å². The fourth-order valence-electron chi connectivity index (χ4n) is 0.970. The zero-order valence-electron chi connectivity index (χ0n) is 6.86. The molecule has 12 heavy (non-hydrogen) atoms. The van der Waals surface area contributed by atoms with Crippen molar-refractivity contribution in [2.24, 2.45) is 0 Å². The molecule has 0 aromatic heterocycles. The van der Waals surface area contributed by atoms with Crippen molar-refractivity contribution in [2.75, 3.05) is 37.8 Å². The highest BCUT2D eigenvalue weighted by atomic mass is 32.2. The molecule has 4 nitrogen and oxygen atoms in total. The number of hydrogen-bond donors (Lipinski definition) is 1. The van der Waals surface area contributed by atoms with Gasteiger partial charge in [-0.1, -0.05) is 0 Å². The molecule has 1 aliphatic heterocycles. The first-order chi connectivity index (χ1) is 5.84. The van der Waals surface area contributed by atoms with Gasteiger partial charge in [0, 0.05) is 24.6 Å². The fourth-order valence-corrected chi connectivity index (χ4v) is 1.87. The summed E-state index contributed by atoms with van der Waals surface area (Å²) in [6, 6.07) is 0. The van der Waals surface area contributed by atoms with Crippen molar-refractivity contribution >= 4 is 17.9 Å². The first-order valence-corrected chi connectivity index (χ1v) is 5.10. The van der Waals surface area contributed by atoms with E-state index in [-0.39, 0.29) is 19.3 Å². The Morgan fingerprint density at radius 2 is 2.17 bits per heavy atom. The predicted octanol–water partition coefficient (Wildman–Crippen LogP) is 0.164. The van der Waals surface area contributed by atoms with Gasteiger partial charge in [-0.25, -0.2) is 4.79 Å². The lowest BCUT2D eigenvalue weighted by Gasteiger charge is -2.25. The van der Waals surface area contributed by atoms with E-state index in [2.05, 4.69) is 0 Å². The van der Waals surface area contributed by atoms with Crippen LogP contribution in [-0.2, 0) is 4.74 Å². The molecule has 1 aliphatic rings. The third-order valence-corrected chi connectivity index (χ3v) is 2.53. The lowest BCUT2D eigenvalue weighted by atomic mass is 10.5. The molecule has 0 atom stereocenters. The Morgan fingerprint density at radius 3 is 2.75 bits per heavy atom. The van der Waals surface area contributed by atoms with Gasteiger partial charge in [-0.15, -0.1) is 0 Å². The number of nitrogens with zero attached hydrogens (tertiary/aromatic N) is 1. The van der Waals surface area contributed by atoms with Gasteiger partial charge in [-0.2, -0.15) is 11.8 Å². The standard InChI is InChI=1S/C7H13NO3S/c9-3-4-11-7(10)8-1-5-12-6-2-8/h9H,1-6H2. The summed E-state index contributed by atoms with van der Waals surface area (Å²) in [6.07, 6.45) is -0.302. The maximum Gasteiger partial charge on any atom is 0.409 e. The zero-order chi connectivity index (χ0) is 8.81. The van der Waals surface area contributed by atoms with Crippen molar-refractivity contribution in [3.63, 3.8) is 0 Å². The van der Waals surface area contributed by atoms with Crippen LogP contribution in [0.2, 0.25) is 0 Å². The number of thioether (sulfide) groups is 1. The van der Waals surface area contributed by atoms with Crippen LogP contribution in [0.1, 0.15) is 0 Å². The van der Waals surface area contributed by atoms with Crippen LogP contribution in [0.25, 0.3) is 0 Å². The Kier molecular flexibility index (Phi) is 4.24. The molecule has 70 valence electrons. The maximum atomic E-state index is 11.1. The van der Waals surface area contributed by atoms with Crippen molar-refractivity contribution in [3.05, 3.63) is 0 Å². The van der Waals surface area contributed by atoms with E-state index < -0.39 is 0 Å². The topological polar surface area (TPSA) is 49.8 Å². The fraction of sp³-hybridized carbons (Fsp3) is 0.857. The molecule has 1 saturated heterocycles. The van der Waals surface area contributed by atoms with E-state index in [1.807, 2.05) is 11.8 Å². The van der Waals surface area contributed by atoms with Crippen molar-refractivity contribution in [2.45, 2.75) is 0 Å². The van der Waals surface area contributed by atoms with Crippen LogP contribution in [0.3, 0.4) is 0 Å². The van der Waals surface area contributed by atoms with Crippen LogP contribution < -0.4 is 0 Å². The number of amides is 1. The highest BCUT2D eigenvalue weighted by Gasteiger charge is 2.17. The summed E-state index contributed by atoms with van der Waals surface area (Å²) >= 11 is 1.84. The van der Waals surface area contributed by atoms with Gasteiger partial charge in [0.2, 0.25) is 0 Å². The van der Waals surface area contributed by atoms with Gasteiger partial charge in [0.15, 0.2) is 0 Å². The van der Waals surface area contributed by atoms with Gasteiger partial charge in [-0.05, 0) is 0 Å². The molecular weight excluding hydrogens is 178 g/mol. The zero-order valence-corrected chi connectivity index (χ0v) is 7.68. The highest BCUT2D eigenvalue weighted by molar-refractivity contribution is 7.99.